The fourth-order valence-corrected chi connectivity index (χ4v) is 2.22. The van der Waals surface area contributed by atoms with E-state index in [2.05, 4.69) is 21.0 Å². The van der Waals surface area contributed by atoms with Crippen LogP contribution in [0.1, 0.15) is 13.8 Å². The Kier molecular flexibility index (Phi) is 3.61. The van der Waals surface area contributed by atoms with Gasteiger partial charge in [-0.15, -0.1) is 0 Å². The maximum Gasteiger partial charge on any atom is 0.136 e. The lowest BCUT2D eigenvalue weighted by molar-refractivity contribution is 0.242. The number of aromatic nitrogens is 2. The Morgan fingerprint density at radius 3 is 2.33 bits per heavy atom. The van der Waals surface area contributed by atoms with Gasteiger partial charge in [-0.1, -0.05) is 0 Å². The molecule has 0 spiro atoms. The second-order valence-electron chi connectivity index (χ2n) is 4.36. The number of aryl methyl sites for hydroxylation is 1. The van der Waals surface area contributed by atoms with Crippen molar-refractivity contribution in [2.24, 2.45) is 7.05 Å². The van der Waals surface area contributed by atoms with Gasteiger partial charge in [0.25, 0.3) is 0 Å². The summed E-state index contributed by atoms with van der Waals surface area (Å²) < 4.78 is 8.07. The molecule has 0 bridgehead atoms. The molecule has 2 N–H and O–H groups in total. The summed E-state index contributed by atoms with van der Waals surface area (Å²) in [5.41, 5.74) is 7.71. The third-order valence-electron chi connectivity index (χ3n) is 2.53. The minimum Gasteiger partial charge on any atom is -0.491 e. The van der Waals surface area contributed by atoms with Crippen LogP contribution in [0.5, 0.6) is 5.75 Å². The Labute approximate surface area is 115 Å². The molecule has 0 radical (unpaired) electrons. The second-order valence-corrected chi connectivity index (χ2v) is 5.16. The van der Waals surface area contributed by atoms with Crippen molar-refractivity contribution in [3.8, 4) is 17.0 Å². The lowest BCUT2D eigenvalue weighted by Crippen LogP contribution is -2.05. The van der Waals surface area contributed by atoms with Crippen molar-refractivity contribution in [2.75, 3.05) is 5.73 Å². The monoisotopic (exact) mass is 309 g/mol. The van der Waals surface area contributed by atoms with Crippen molar-refractivity contribution in [1.82, 2.24) is 9.78 Å². The maximum absolute atomic E-state index is 5.86. The van der Waals surface area contributed by atoms with Crippen LogP contribution in [-0.2, 0) is 7.05 Å². The highest BCUT2D eigenvalue weighted by Gasteiger charge is 2.12. The van der Waals surface area contributed by atoms with E-state index in [1.165, 1.54) is 0 Å². The molecule has 0 aliphatic carbocycles. The Balaban J connectivity index is 2.31. The van der Waals surface area contributed by atoms with Gasteiger partial charge in [0.05, 0.1) is 10.6 Å². The molecule has 0 aliphatic rings. The van der Waals surface area contributed by atoms with Crippen molar-refractivity contribution in [1.29, 1.82) is 0 Å². The van der Waals surface area contributed by atoms with E-state index in [-0.39, 0.29) is 6.10 Å². The molecule has 1 heterocycles. The number of benzene rings is 1. The van der Waals surface area contributed by atoms with Gasteiger partial charge in [0, 0.05) is 12.6 Å². The van der Waals surface area contributed by atoms with E-state index >= 15 is 0 Å². The van der Waals surface area contributed by atoms with Gasteiger partial charge in [0.2, 0.25) is 0 Å². The average molecular weight is 310 g/mol. The molecule has 0 unspecified atom stereocenters. The summed E-state index contributed by atoms with van der Waals surface area (Å²) in [7, 11) is 1.82. The predicted molar refractivity (Wildman–Crippen MR) is 76.5 cm³/mol. The Hall–Kier alpha value is -1.49. The summed E-state index contributed by atoms with van der Waals surface area (Å²) in [6, 6.07) is 7.83. The first-order valence-electron chi connectivity index (χ1n) is 5.74. The fraction of sp³-hybridized carbons (Fsp3) is 0.308. The largest absolute Gasteiger partial charge is 0.491 e. The minimum atomic E-state index is 0.174. The predicted octanol–water partition coefficient (Wildman–Crippen LogP) is 3.22. The van der Waals surface area contributed by atoms with E-state index in [9.17, 15) is 0 Å². The fourth-order valence-electron chi connectivity index (χ4n) is 1.66. The summed E-state index contributed by atoms with van der Waals surface area (Å²) in [5, 5.41) is 4.37. The molecule has 0 saturated heterocycles. The van der Waals surface area contributed by atoms with Crippen molar-refractivity contribution in [3.63, 3.8) is 0 Å². The summed E-state index contributed by atoms with van der Waals surface area (Å²) in [4.78, 5) is 0. The maximum atomic E-state index is 5.86. The highest BCUT2D eigenvalue weighted by Crippen LogP contribution is 2.32. The molecule has 0 fully saturated rings. The van der Waals surface area contributed by atoms with Gasteiger partial charge >= 0.3 is 0 Å². The van der Waals surface area contributed by atoms with Crippen molar-refractivity contribution >= 4 is 21.7 Å². The highest BCUT2D eigenvalue weighted by molar-refractivity contribution is 9.10. The number of nitrogens with zero attached hydrogens (tertiary/aromatic N) is 2. The lowest BCUT2D eigenvalue weighted by Gasteiger charge is -2.09. The van der Waals surface area contributed by atoms with Crippen LogP contribution in [0.2, 0.25) is 0 Å². The zero-order chi connectivity index (χ0) is 13.3. The first-order chi connectivity index (χ1) is 8.49. The van der Waals surface area contributed by atoms with Crippen molar-refractivity contribution in [2.45, 2.75) is 20.0 Å². The SMILES string of the molecule is CC(C)Oc1ccc(-c2nn(C)c(N)c2Br)cc1. The molecular formula is C13H16BrN3O. The number of nitrogens with two attached hydrogens (primary N) is 1. The van der Waals surface area contributed by atoms with E-state index in [0.717, 1.165) is 21.5 Å². The quantitative estimate of drug-likeness (QED) is 0.947. The summed E-state index contributed by atoms with van der Waals surface area (Å²) in [6.45, 7) is 4.01. The van der Waals surface area contributed by atoms with Crippen molar-refractivity contribution < 1.29 is 4.74 Å². The number of halogens is 1. The second kappa shape index (κ2) is 5.02. The van der Waals surface area contributed by atoms with Gasteiger partial charge < -0.3 is 10.5 Å². The highest BCUT2D eigenvalue weighted by atomic mass is 79.9. The van der Waals surface area contributed by atoms with Crippen LogP contribution in [0.15, 0.2) is 28.7 Å². The van der Waals surface area contributed by atoms with E-state index < -0.39 is 0 Å². The molecule has 0 atom stereocenters. The number of ether oxygens (including phenoxy) is 1. The molecule has 4 nitrogen and oxygen atoms in total. The van der Waals surface area contributed by atoms with Gasteiger partial charge in [-0.25, -0.2) is 0 Å². The summed E-state index contributed by atoms with van der Waals surface area (Å²) in [6.07, 6.45) is 0.174. The first-order valence-corrected chi connectivity index (χ1v) is 6.53. The minimum absolute atomic E-state index is 0.174. The Morgan fingerprint density at radius 2 is 1.89 bits per heavy atom. The third kappa shape index (κ3) is 2.51. The van der Waals surface area contributed by atoms with E-state index in [4.69, 9.17) is 10.5 Å². The molecule has 5 heteroatoms. The molecule has 2 aromatic rings. The standard InChI is InChI=1S/C13H16BrN3O/c1-8(2)18-10-6-4-9(5-7-10)12-11(14)13(15)17(3)16-12/h4-8H,15H2,1-3H3. The topological polar surface area (TPSA) is 53.1 Å². The normalized spacial score (nSPS) is 10.9. The third-order valence-corrected chi connectivity index (χ3v) is 3.31. The van der Waals surface area contributed by atoms with Gasteiger partial charge in [-0.3, -0.25) is 4.68 Å². The number of anilines is 1. The molecular weight excluding hydrogens is 294 g/mol. The number of nitrogen functional groups attached to an aromatic ring is 1. The molecule has 18 heavy (non-hydrogen) atoms. The van der Waals surface area contributed by atoms with E-state index in [1.807, 2.05) is 45.2 Å². The molecule has 0 saturated carbocycles. The van der Waals surface area contributed by atoms with Crippen LogP contribution in [0.3, 0.4) is 0 Å². The summed E-state index contributed by atoms with van der Waals surface area (Å²) >= 11 is 3.46. The van der Waals surface area contributed by atoms with Crippen molar-refractivity contribution in [3.05, 3.63) is 28.7 Å². The molecule has 96 valence electrons. The molecule has 0 aliphatic heterocycles. The van der Waals surface area contributed by atoms with Gasteiger partial charge in [0.15, 0.2) is 0 Å². The van der Waals surface area contributed by atoms with Crippen LogP contribution >= 0.6 is 15.9 Å². The van der Waals surface area contributed by atoms with Crippen LogP contribution in [0.25, 0.3) is 11.3 Å². The Bertz CT molecular complexity index is 546. The van der Waals surface area contributed by atoms with E-state index in [1.54, 1.807) is 4.68 Å². The van der Waals surface area contributed by atoms with Crippen LogP contribution in [-0.4, -0.2) is 15.9 Å². The van der Waals surface area contributed by atoms with Gasteiger partial charge in [-0.05, 0) is 54.0 Å². The molecule has 1 aromatic heterocycles. The summed E-state index contributed by atoms with van der Waals surface area (Å²) in [5.74, 6) is 1.47. The number of hydrogen-bond acceptors (Lipinski definition) is 3. The van der Waals surface area contributed by atoms with E-state index in [0.29, 0.717) is 5.82 Å². The number of rotatable bonds is 3. The smallest absolute Gasteiger partial charge is 0.136 e. The Morgan fingerprint density at radius 1 is 1.28 bits per heavy atom. The first kappa shape index (κ1) is 13.0. The molecule has 2 rings (SSSR count). The van der Waals surface area contributed by atoms with Gasteiger partial charge in [-0.2, -0.15) is 5.10 Å². The zero-order valence-corrected chi connectivity index (χ0v) is 12.2. The lowest BCUT2D eigenvalue weighted by atomic mass is 10.1. The number of hydrogen-bond donors (Lipinski definition) is 1. The molecule has 1 aromatic carbocycles. The zero-order valence-electron chi connectivity index (χ0n) is 10.6. The molecule has 0 amide bonds. The van der Waals surface area contributed by atoms with Gasteiger partial charge in [0.1, 0.15) is 17.3 Å². The van der Waals surface area contributed by atoms with Crippen LogP contribution < -0.4 is 10.5 Å². The average Bonchev–Trinajstić information content (AvgIpc) is 2.57. The van der Waals surface area contributed by atoms with Crippen LogP contribution in [0.4, 0.5) is 5.82 Å². The van der Waals surface area contributed by atoms with Crippen LogP contribution in [0, 0.1) is 0 Å².